The predicted octanol–water partition coefficient (Wildman–Crippen LogP) is 3.90. The average Bonchev–Trinajstić information content (AvgIpc) is 3.22. The molecule has 2 N–H and O–H groups in total. The summed E-state index contributed by atoms with van der Waals surface area (Å²) < 4.78 is 1.76. The summed E-state index contributed by atoms with van der Waals surface area (Å²) in [5, 5.41) is 18.4. The fourth-order valence-corrected chi connectivity index (χ4v) is 4.27. The minimum Gasteiger partial charge on any atom is -0.389 e. The fraction of sp³-hybridized carbons (Fsp3) is 0.308. The molecule has 34 heavy (non-hydrogen) atoms. The Bertz CT molecular complexity index is 1290. The minimum atomic E-state index is -0.894. The van der Waals surface area contributed by atoms with Crippen LogP contribution in [0.25, 0.3) is 22.5 Å². The van der Waals surface area contributed by atoms with E-state index in [0.29, 0.717) is 12.5 Å². The van der Waals surface area contributed by atoms with Crippen molar-refractivity contribution in [3.05, 3.63) is 72.3 Å². The van der Waals surface area contributed by atoms with Gasteiger partial charge in [-0.15, -0.1) is 0 Å². The maximum Gasteiger partial charge on any atom is 0.227 e. The lowest BCUT2D eigenvalue weighted by Gasteiger charge is -2.25. The first-order valence-electron chi connectivity index (χ1n) is 11.5. The molecule has 0 radical (unpaired) electrons. The van der Waals surface area contributed by atoms with Crippen LogP contribution in [-0.2, 0) is 19.5 Å². The van der Waals surface area contributed by atoms with Crippen LogP contribution in [-0.4, -0.2) is 53.9 Å². The molecule has 0 amide bonds. The van der Waals surface area contributed by atoms with Gasteiger partial charge < -0.3 is 15.3 Å². The molecule has 4 heterocycles. The molecule has 174 valence electrons. The van der Waals surface area contributed by atoms with Crippen molar-refractivity contribution in [3.8, 4) is 22.5 Å². The first-order chi connectivity index (χ1) is 16.3. The molecule has 1 aliphatic rings. The summed E-state index contributed by atoms with van der Waals surface area (Å²) in [6.07, 6.45) is 8.22. The van der Waals surface area contributed by atoms with Crippen molar-refractivity contribution in [2.45, 2.75) is 39.0 Å². The Morgan fingerprint density at radius 1 is 1.12 bits per heavy atom. The monoisotopic (exact) mass is 455 g/mol. The van der Waals surface area contributed by atoms with Crippen LogP contribution in [0, 0.1) is 0 Å². The van der Waals surface area contributed by atoms with Crippen molar-refractivity contribution in [2.75, 3.05) is 18.9 Å². The molecule has 1 aliphatic heterocycles. The second kappa shape index (κ2) is 8.96. The molecule has 1 aromatic carbocycles. The third kappa shape index (κ3) is 4.98. The Kier molecular flexibility index (Phi) is 5.85. The normalized spacial score (nSPS) is 14.1. The maximum atomic E-state index is 10.3. The molecule has 8 nitrogen and oxygen atoms in total. The van der Waals surface area contributed by atoms with E-state index in [1.54, 1.807) is 37.1 Å². The highest BCUT2D eigenvalue weighted by Crippen LogP contribution is 2.31. The van der Waals surface area contributed by atoms with E-state index in [-0.39, 0.29) is 0 Å². The molecule has 5 rings (SSSR count). The van der Waals surface area contributed by atoms with Gasteiger partial charge in [0.05, 0.1) is 17.8 Å². The van der Waals surface area contributed by atoms with Crippen LogP contribution in [0.1, 0.15) is 25.0 Å². The Labute approximate surface area is 199 Å². The van der Waals surface area contributed by atoms with Crippen molar-refractivity contribution in [3.63, 3.8) is 0 Å². The van der Waals surface area contributed by atoms with Crippen molar-refractivity contribution >= 4 is 11.6 Å². The van der Waals surface area contributed by atoms with Gasteiger partial charge in [0.1, 0.15) is 5.69 Å². The molecular formula is C26H29N7O. The molecule has 0 saturated carbocycles. The molecule has 0 saturated heterocycles. The van der Waals surface area contributed by atoms with Gasteiger partial charge in [-0.05, 0) is 68.8 Å². The zero-order valence-electron chi connectivity index (χ0n) is 19.7. The first-order valence-corrected chi connectivity index (χ1v) is 11.5. The van der Waals surface area contributed by atoms with Gasteiger partial charge in [0.15, 0.2) is 0 Å². The summed E-state index contributed by atoms with van der Waals surface area (Å²) in [6.45, 7) is 5.94. The van der Waals surface area contributed by atoms with Crippen LogP contribution in [0.3, 0.4) is 0 Å². The number of hydrogen-bond acceptors (Lipinski definition) is 7. The van der Waals surface area contributed by atoms with Crippen LogP contribution in [0.4, 0.5) is 11.6 Å². The lowest BCUT2D eigenvalue weighted by Crippen LogP contribution is -2.26. The van der Waals surface area contributed by atoms with E-state index in [0.717, 1.165) is 47.7 Å². The van der Waals surface area contributed by atoms with E-state index in [2.05, 4.69) is 45.4 Å². The molecule has 0 bridgehead atoms. The number of hydrogen-bond donors (Lipinski definition) is 2. The average molecular weight is 456 g/mol. The van der Waals surface area contributed by atoms with E-state index in [9.17, 15) is 5.11 Å². The summed E-state index contributed by atoms with van der Waals surface area (Å²) in [6, 6.07) is 12.2. The molecule has 0 atom stereocenters. The topological polar surface area (TPSA) is 92.0 Å². The summed E-state index contributed by atoms with van der Waals surface area (Å²) in [4.78, 5) is 15.8. The number of aromatic nitrogens is 5. The standard InChI is InChI=1S/C26H29N7O/c1-26(2,34)17-33-16-22(24(31-33)19-5-4-10-27-14-19)23-8-11-28-25(30-23)29-21-7-6-20-15-32(3)12-9-18(20)13-21/h4-8,10-11,13-14,16,34H,9,12,15,17H2,1-3H3,(H,28,29,30). The predicted molar refractivity (Wildman–Crippen MR) is 133 cm³/mol. The Balaban J connectivity index is 1.47. The quantitative estimate of drug-likeness (QED) is 0.455. The minimum absolute atomic E-state index is 0.362. The Morgan fingerprint density at radius 2 is 2.00 bits per heavy atom. The summed E-state index contributed by atoms with van der Waals surface area (Å²) in [7, 11) is 2.15. The van der Waals surface area contributed by atoms with Gasteiger partial charge in [0.25, 0.3) is 0 Å². The highest BCUT2D eigenvalue weighted by Gasteiger charge is 2.20. The van der Waals surface area contributed by atoms with Gasteiger partial charge in [0.2, 0.25) is 5.95 Å². The lowest BCUT2D eigenvalue weighted by atomic mass is 9.99. The second-order valence-electron chi connectivity index (χ2n) is 9.50. The van der Waals surface area contributed by atoms with Crippen LogP contribution in [0.5, 0.6) is 0 Å². The zero-order valence-corrected chi connectivity index (χ0v) is 19.7. The van der Waals surface area contributed by atoms with Gasteiger partial charge >= 0.3 is 0 Å². The smallest absolute Gasteiger partial charge is 0.227 e. The van der Waals surface area contributed by atoms with Crippen LogP contribution in [0.2, 0.25) is 0 Å². The SMILES string of the molecule is CN1CCc2cc(Nc3nccc(-c4cn(CC(C)(C)O)nc4-c4cccnc4)n3)ccc2C1. The van der Waals surface area contributed by atoms with Crippen molar-refractivity contribution in [1.29, 1.82) is 0 Å². The van der Waals surface area contributed by atoms with E-state index in [1.807, 2.05) is 24.4 Å². The number of pyridine rings is 1. The highest BCUT2D eigenvalue weighted by atomic mass is 16.3. The molecule has 0 unspecified atom stereocenters. The molecule has 4 aromatic rings. The highest BCUT2D eigenvalue weighted by molar-refractivity contribution is 5.78. The molecule has 0 aliphatic carbocycles. The third-order valence-corrected chi connectivity index (χ3v) is 5.84. The van der Waals surface area contributed by atoms with Crippen molar-refractivity contribution in [2.24, 2.45) is 0 Å². The number of likely N-dealkylation sites (N-methyl/N-ethyl adjacent to an activating group) is 1. The number of benzene rings is 1. The number of aliphatic hydroxyl groups is 1. The maximum absolute atomic E-state index is 10.3. The zero-order chi connectivity index (χ0) is 23.7. The molecular weight excluding hydrogens is 426 g/mol. The van der Waals surface area contributed by atoms with Crippen LogP contribution >= 0.6 is 0 Å². The van der Waals surface area contributed by atoms with E-state index < -0.39 is 5.60 Å². The Hall–Kier alpha value is -3.62. The van der Waals surface area contributed by atoms with Crippen molar-refractivity contribution in [1.82, 2.24) is 29.6 Å². The summed E-state index contributed by atoms with van der Waals surface area (Å²) >= 11 is 0. The largest absolute Gasteiger partial charge is 0.389 e. The molecule has 8 heteroatoms. The van der Waals surface area contributed by atoms with Crippen LogP contribution in [0.15, 0.2) is 61.2 Å². The van der Waals surface area contributed by atoms with Gasteiger partial charge in [-0.3, -0.25) is 9.67 Å². The van der Waals surface area contributed by atoms with Gasteiger partial charge in [-0.2, -0.15) is 5.10 Å². The Morgan fingerprint density at radius 3 is 2.79 bits per heavy atom. The summed E-state index contributed by atoms with van der Waals surface area (Å²) in [5.74, 6) is 0.526. The fourth-order valence-electron chi connectivity index (χ4n) is 4.27. The second-order valence-corrected chi connectivity index (χ2v) is 9.50. The van der Waals surface area contributed by atoms with Crippen molar-refractivity contribution < 1.29 is 5.11 Å². The molecule has 3 aromatic heterocycles. The number of nitrogens with zero attached hydrogens (tertiary/aromatic N) is 6. The molecule has 0 fully saturated rings. The van der Waals surface area contributed by atoms with Gasteiger partial charge in [-0.25, -0.2) is 9.97 Å². The number of fused-ring (bicyclic) bond motifs is 1. The van der Waals surface area contributed by atoms with E-state index in [1.165, 1.54) is 11.1 Å². The number of anilines is 2. The van der Waals surface area contributed by atoms with Gasteiger partial charge in [0, 0.05) is 54.7 Å². The number of rotatable bonds is 6. The van der Waals surface area contributed by atoms with E-state index >= 15 is 0 Å². The van der Waals surface area contributed by atoms with Gasteiger partial charge in [-0.1, -0.05) is 6.07 Å². The first kappa shape index (κ1) is 22.2. The van der Waals surface area contributed by atoms with E-state index in [4.69, 9.17) is 10.1 Å². The third-order valence-electron chi connectivity index (χ3n) is 5.84. The lowest BCUT2D eigenvalue weighted by molar-refractivity contribution is 0.0578. The summed E-state index contributed by atoms with van der Waals surface area (Å²) in [5.41, 5.74) is 6.08. The van der Waals surface area contributed by atoms with Crippen LogP contribution < -0.4 is 5.32 Å². The molecule has 0 spiro atoms. The number of nitrogens with one attached hydrogen (secondary N) is 1.